The van der Waals surface area contributed by atoms with Crippen molar-refractivity contribution in [1.82, 2.24) is 5.32 Å². The van der Waals surface area contributed by atoms with Crippen molar-refractivity contribution in [1.29, 1.82) is 0 Å². The van der Waals surface area contributed by atoms with E-state index in [1.165, 1.54) is 0 Å². The second-order valence-corrected chi connectivity index (χ2v) is 9.52. The highest BCUT2D eigenvalue weighted by molar-refractivity contribution is 5.81. The Morgan fingerprint density at radius 3 is 2.23 bits per heavy atom. The average molecular weight is 576 g/mol. The summed E-state index contributed by atoms with van der Waals surface area (Å²) in [5.74, 6) is -0.952. The third kappa shape index (κ3) is 10.3. The monoisotopic (exact) mass is 575 g/mol. The van der Waals surface area contributed by atoms with Crippen LogP contribution in [0.5, 0.6) is 0 Å². The molecule has 8 unspecified atom stereocenters. The van der Waals surface area contributed by atoms with Crippen LogP contribution in [0.2, 0.25) is 0 Å². The van der Waals surface area contributed by atoms with Gasteiger partial charge in [-0.1, -0.05) is 0 Å². The van der Waals surface area contributed by atoms with Crippen LogP contribution in [0.3, 0.4) is 0 Å². The van der Waals surface area contributed by atoms with Crippen LogP contribution in [0.15, 0.2) is 0 Å². The minimum Gasteiger partial charge on any atom is -0.400 e. The Morgan fingerprint density at radius 2 is 1.69 bits per heavy atom. The molecule has 232 valence electrons. The number of aliphatic hydroxyl groups excluding tert-OH is 7. The number of nitrogens with two attached hydrogens (primary N) is 4. The van der Waals surface area contributed by atoms with Gasteiger partial charge in [0.25, 0.3) is 5.91 Å². The molecule has 3 fully saturated rings. The van der Waals surface area contributed by atoms with Gasteiger partial charge in [-0.3, -0.25) is 4.79 Å². The van der Waals surface area contributed by atoms with Gasteiger partial charge in [0, 0.05) is 32.7 Å². The summed E-state index contributed by atoms with van der Waals surface area (Å²) in [5.41, 5.74) is 21.6. The molecule has 0 aromatic carbocycles. The van der Waals surface area contributed by atoms with Crippen molar-refractivity contribution >= 4 is 5.91 Å². The first kappa shape index (κ1) is 35.9. The highest BCUT2D eigenvalue weighted by atomic mass is 19.1. The number of hydrogen-bond acceptors (Lipinski definition) is 15. The number of hydrogen-bond donors (Lipinski definition) is 12. The highest BCUT2D eigenvalue weighted by Crippen LogP contribution is 2.28. The Labute approximate surface area is 226 Å². The van der Waals surface area contributed by atoms with Gasteiger partial charge in [-0.2, -0.15) is 0 Å². The van der Waals surface area contributed by atoms with E-state index in [-0.39, 0.29) is 31.7 Å². The number of ether oxygens (including phenoxy) is 3. The van der Waals surface area contributed by atoms with E-state index in [9.17, 15) is 29.6 Å². The molecule has 0 aromatic rings. The standard InChI is InChI=1S/C15H28FN3O6.C6H14N2O4.CH4O/c16-9(5-17)13(21)15(23)19-10-3-7(18)4-11(14(10)22)25-12-2-1-8(6-20)24-12;7-1-2-4(9)5(10)3(8)6(11)12-2;1-2/h7-14,20-22H,1-6,17-18H2,(H,19,23);2-6,9-11H,1,7-8H2;2H,1H3/t7?,8?,9?,10?,11?,12?,13?,14-;2-,3+,4+,5?,6-;/m00./s1. The fraction of sp³-hybridized carbons (Fsp3) is 0.955. The number of halogens is 1. The Balaban J connectivity index is 0.000000454. The lowest BCUT2D eigenvalue weighted by atomic mass is 9.86. The molecule has 0 radical (unpaired) electrons. The molecule has 17 heteroatoms. The molecule has 39 heavy (non-hydrogen) atoms. The van der Waals surface area contributed by atoms with Crippen LogP contribution in [0.4, 0.5) is 4.39 Å². The number of rotatable bonds is 8. The van der Waals surface area contributed by atoms with E-state index in [0.29, 0.717) is 19.3 Å². The Hall–Kier alpha value is -1.16. The molecule has 13 atom stereocenters. The molecular weight excluding hydrogens is 529 g/mol. The topological polar surface area (TPSA) is 302 Å². The van der Waals surface area contributed by atoms with Crippen molar-refractivity contribution < 1.29 is 59.1 Å². The van der Waals surface area contributed by atoms with Crippen molar-refractivity contribution in [3.05, 3.63) is 0 Å². The molecule has 3 rings (SSSR count). The molecule has 16 nitrogen and oxygen atoms in total. The second kappa shape index (κ2) is 17.6. The van der Waals surface area contributed by atoms with E-state index in [2.05, 4.69) is 5.32 Å². The lowest BCUT2D eigenvalue weighted by Crippen LogP contribution is -2.62. The van der Waals surface area contributed by atoms with E-state index >= 15 is 0 Å². The predicted molar refractivity (Wildman–Crippen MR) is 133 cm³/mol. The summed E-state index contributed by atoms with van der Waals surface area (Å²) in [7, 11) is 1.00. The first-order valence-corrected chi connectivity index (χ1v) is 12.7. The van der Waals surface area contributed by atoms with Crippen LogP contribution in [-0.2, 0) is 19.0 Å². The number of alkyl halides is 1. The second-order valence-electron chi connectivity index (χ2n) is 9.52. The summed E-state index contributed by atoms with van der Waals surface area (Å²) in [6.45, 7) is -0.561. The maximum Gasteiger partial charge on any atom is 0.252 e. The number of aliphatic hydroxyl groups is 7. The molecule has 2 heterocycles. The van der Waals surface area contributed by atoms with Gasteiger partial charge >= 0.3 is 0 Å². The summed E-state index contributed by atoms with van der Waals surface area (Å²) in [4.78, 5) is 11.9. The van der Waals surface area contributed by atoms with E-state index in [4.69, 9.17) is 52.5 Å². The molecule has 2 aliphatic heterocycles. The maximum atomic E-state index is 13.3. The quantitative estimate of drug-likeness (QED) is 0.128. The molecule has 3 aliphatic rings. The number of carbonyl (C=O) groups excluding carboxylic acids is 1. The van der Waals surface area contributed by atoms with Gasteiger partial charge in [-0.05, 0) is 19.3 Å². The van der Waals surface area contributed by atoms with Crippen LogP contribution in [-0.4, -0.2) is 148 Å². The summed E-state index contributed by atoms with van der Waals surface area (Å²) in [6, 6.07) is -2.11. The third-order valence-electron chi connectivity index (χ3n) is 6.65. The summed E-state index contributed by atoms with van der Waals surface area (Å²) >= 11 is 0. The maximum absolute atomic E-state index is 13.3. The minimum absolute atomic E-state index is 0.0298. The van der Waals surface area contributed by atoms with E-state index in [1.807, 2.05) is 0 Å². The number of amides is 1. The smallest absolute Gasteiger partial charge is 0.252 e. The number of carbonyl (C=O) groups is 1. The molecule has 0 bridgehead atoms. The molecule has 0 spiro atoms. The fourth-order valence-electron chi connectivity index (χ4n) is 4.36. The summed E-state index contributed by atoms with van der Waals surface area (Å²) in [5, 5.41) is 66.1. The zero-order valence-electron chi connectivity index (χ0n) is 21.9. The van der Waals surface area contributed by atoms with Crippen molar-refractivity contribution in [2.75, 3.05) is 26.8 Å². The Kier molecular flexibility index (Phi) is 16.2. The van der Waals surface area contributed by atoms with Gasteiger partial charge in [0.2, 0.25) is 0 Å². The largest absolute Gasteiger partial charge is 0.400 e. The highest BCUT2D eigenvalue weighted by Gasteiger charge is 2.42. The van der Waals surface area contributed by atoms with Gasteiger partial charge in [0.15, 0.2) is 18.7 Å². The zero-order valence-corrected chi connectivity index (χ0v) is 21.9. The van der Waals surface area contributed by atoms with Crippen molar-refractivity contribution in [3.63, 3.8) is 0 Å². The molecule has 16 N–H and O–H groups in total. The van der Waals surface area contributed by atoms with Gasteiger partial charge in [-0.15, -0.1) is 0 Å². The van der Waals surface area contributed by atoms with Gasteiger partial charge in [0.1, 0.15) is 30.6 Å². The fourth-order valence-corrected chi connectivity index (χ4v) is 4.36. The summed E-state index contributed by atoms with van der Waals surface area (Å²) < 4.78 is 29.4. The van der Waals surface area contributed by atoms with Crippen LogP contribution < -0.4 is 28.3 Å². The van der Waals surface area contributed by atoms with Crippen molar-refractivity contribution in [2.45, 2.75) is 105 Å². The molecule has 1 aliphatic carbocycles. The lowest BCUT2D eigenvalue weighted by Gasteiger charge is -2.39. The van der Waals surface area contributed by atoms with Crippen LogP contribution >= 0.6 is 0 Å². The first-order chi connectivity index (χ1) is 18.4. The van der Waals surface area contributed by atoms with Crippen molar-refractivity contribution in [2.24, 2.45) is 22.9 Å². The van der Waals surface area contributed by atoms with Crippen molar-refractivity contribution in [3.8, 4) is 0 Å². The van der Waals surface area contributed by atoms with E-state index in [0.717, 1.165) is 7.11 Å². The van der Waals surface area contributed by atoms with E-state index < -0.39 is 79.9 Å². The normalized spacial score (nSPS) is 39.9. The first-order valence-electron chi connectivity index (χ1n) is 12.7. The van der Waals surface area contributed by atoms with Gasteiger partial charge in [0.05, 0.1) is 30.9 Å². The molecule has 1 saturated carbocycles. The Morgan fingerprint density at radius 1 is 1.05 bits per heavy atom. The van der Waals surface area contributed by atoms with E-state index in [1.54, 1.807) is 0 Å². The van der Waals surface area contributed by atoms with Gasteiger partial charge < -0.3 is 78.2 Å². The van der Waals surface area contributed by atoms with Gasteiger partial charge in [-0.25, -0.2) is 4.39 Å². The zero-order chi connectivity index (χ0) is 29.9. The molecule has 2 saturated heterocycles. The Bertz CT molecular complexity index is 700. The molecular formula is C22H46FN5O11. The van der Waals surface area contributed by atoms with Crippen LogP contribution in [0, 0.1) is 0 Å². The predicted octanol–water partition coefficient (Wildman–Crippen LogP) is -6.19. The average Bonchev–Trinajstić information content (AvgIpc) is 3.40. The SMILES string of the molecule is CO.NCC(F)C(O)C(=O)NC1CC(N)CC(OC2CCC(CO)O2)[C@H]1O.NC[C@@H]1O[C@H](O)[C@H](N)C(O)[C@@H]1O. The van der Waals surface area contributed by atoms with Crippen LogP contribution in [0.1, 0.15) is 25.7 Å². The molecule has 0 aromatic heterocycles. The minimum atomic E-state index is -1.90. The van der Waals surface area contributed by atoms with Crippen LogP contribution in [0.25, 0.3) is 0 Å². The molecule has 1 amide bonds. The third-order valence-corrected chi connectivity index (χ3v) is 6.65. The lowest BCUT2D eigenvalue weighted by molar-refractivity contribution is -0.238. The summed E-state index contributed by atoms with van der Waals surface area (Å²) in [6.07, 6.45) is -8.87. The number of nitrogens with one attached hydrogen (secondary N) is 1.